The van der Waals surface area contributed by atoms with Gasteiger partial charge in [-0.1, -0.05) is 380 Å². The van der Waals surface area contributed by atoms with Crippen LogP contribution in [0, 0.1) is 0 Å². The highest BCUT2D eigenvalue weighted by Crippen LogP contribution is 2.61. The summed E-state index contributed by atoms with van der Waals surface area (Å²) in [4.78, 5) is 33.6. The second-order valence-corrected chi connectivity index (χ2v) is 41.9. The molecule has 0 radical (unpaired) electrons. The molecular formula is C133H85N9OS2. The maximum atomic E-state index is 6.54. The maximum Gasteiger partial charge on any atom is 0.236 e. The zero-order valence-electron chi connectivity index (χ0n) is 79.4. The number of fused-ring (bicyclic) bond motifs is 30. The third kappa shape index (κ3) is 12.2. The number of furan rings is 1. The van der Waals surface area contributed by atoms with Crippen LogP contribution >= 0.6 is 22.7 Å². The van der Waals surface area contributed by atoms with E-state index < -0.39 is 5.41 Å². The molecule has 0 spiro atoms. The van der Waals surface area contributed by atoms with Crippen molar-refractivity contribution in [3.63, 3.8) is 0 Å². The molecule has 0 saturated carbocycles. The summed E-state index contributed by atoms with van der Waals surface area (Å²) in [6, 6.07) is 160. The third-order valence-electron chi connectivity index (χ3n) is 31.3. The van der Waals surface area contributed by atoms with Crippen molar-refractivity contribution in [3.8, 4) is 85.0 Å². The number of benzene rings is 20. The number of para-hydroxylation sites is 4. The predicted molar refractivity (Wildman–Crippen MR) is 603 cm³/mol. The van der Waals surface area contributed by atoms with Crippen molar-refractivity contribution in [2.24, 2.45) is 0 Å². The van der Waals surface area contributed by atoms with Gasteiger partial charge < -0.3 is 4.42 Å². The summed E-state index contributed by atoms with van der Waals surface area (Å²) in [5, 5.41) is 18.8. The Labute approximate surface area is 841 Å². The molecule has 0 fully saturated rings. The summed E-state index contributed by atoms with van der Waals surface area (Å²) in [6.45, 7) is 9.30. The normalized spacial score (nSPS) is 13.5. The fraction of sp³-hybridized carbons (Fsp3) is 0.0526. The number of aromatic nitrogens is 9. The quantitative estimate of drug-likeness (QED) is 0.149. The van der Waals surface area contributed by atoms with Gasteiger partial charge in [0.25, 0.3) is 0 Å². The number of nitrogens with zero attached hydrogens (tertiary/aromatic N) is 9. The van der Waals surface area contributed by atoms with Crippen molar-refractivity contribution < 1.29 is 4.42 Å². The number of rotatable bonds is 8. The molecule has 0 bridgehead atoms. The summed E-state index contributed by atoms with van der Waals surface area (Å²) in [7, 11) is 0. The van der Waals surface area contributed by atoms with Crippen LogP contribution in [0.15, 0.2) is 447 Å². The van der Waals surface area contributed by atoms with Gasteiger partial charge >= 0.3 is 0 Å². The zero-order valence-corrected chi connectivity index (χ0v) is 81.0. The van der Waals surface area contributed by atoms with Gasteiger partial charge in [-0.2, -0.15) is 0 Å². The average Bonchev–Trinajstić information content (AvgIpc) is 1.52. The fourth-order valence-electron chi connectivity index (χ4n) is 24.7. The van der Waals surface area contributed by atoms with E-state index in [-0.39, 0.29) is 10.8 Å². The van der Waals surface area contributed by atoms with Crippen molar-refractivity contribution in [2.75, 3.05) is 0 Å². The van der Waals surface area contributed by atoms with Crippen LogP contribution in [-0.2, 0) is 16.2 Å². The Morgan fingerprint density at radius 1 is 0.241 bits per heavy atom. The topological polar surface area (TPSA) is 105 Å². The van der Waals surface area contributed by atoms with E-state index >= 15 is 0 Å². The van der Waals surface area contributed by atoms with Gasteiger partial charge in [-0.05, 0) is 201 Å². The number of hydrogen-bond donors (Lipinski definition) is 0. The lowest BCUT2D eigenvalue weighted by atomic mass is 9.67. The molecule has 145 heavy (non-hydrogen) atoms. The molecule has 3 aliphatic carbocycles. The first-order valence-corrected chi connectivity index (χ1v) is 51.2. The van der Waals surface area contributed by atoms with E-state index in [1.165, 1.54) is 163 Å². The first kappa shape index (κ1) is 82.9. The number of thiophene rings is 2. The molecule has 3 aliphatic rings. The van der Waals surface area contributed by atoms with Crippen LogP contribution < -0.4 is 0 Å². The largest absolute Gasteiger partial charge is 0.452 e. The SMILES string of the molecule is CC1(C)c2ccccc2-c2ccc(-c3nc(-n4c5ccccc5c5cc6ccccc6cc54)nc4c3oc3ccccc34)cc21.CC1(C)c2ccccc2-c2ccc(-c3nc(-n4c5ccccc5c5cc6ccccc6cc54)nc4c3sc3ccccc34)cc21.c1ccc(C2(c3ccccc3)c3ccccc3-c3c(-c4nc(-n5c6ccccc6c6cc7ccccc7cc65)nc5sc6ccccc6c45)cccc32)cc1. The van der Waals surface area contributed by atoms with E-state index in [2.05, 4.69) is 466 Å². The monoisotopic (exact) mass is 1890 g/mol. The first-order valence-electron chi connectivity index (χ1n) is 49.6. The highest BCUT2D eigenvalue weighted by atomic mass is 32.1. The van der Waals surface area contributed by atoms with Gasteiger partial charge in [0.15, 0.2) is 5.58 Å². The predicted octanol–water partition coefficient (Wildman–Crippen LogP) is 34.8. The van der Waals surface area contributed by atoms with Gasteiger partial charge in [-0.25, -0.2) is 29.9 Å². The second-order valence-electron chi connectivity index (χ2n) is 39.8. The van der Waals surface area contributed by atoms with Gasteiger partial charge in [-0.3, -0.25) is 13.7 Å². The van der Waals surface area contributed by atoms with Crippen molar-refractivity contribution >= 4 is 183 Å². The van der Waals surface area contributed by atoms with E-state index in [4.69, 9.17) is 34.3 Å². The van der Waals surface area contributed by atoms with Gasteiger partial charge in [0, 0.05) is 90.8 Å². The first-order chi connectivity index (χ1) is 71.4. The van der Waals surface area contributed by atoms with Crippen molar-refractivity contribution in [2.45, 2.75) is 43.9 Å². The zero-order chi connectivity index (χ0) is 95.8. The van der Waals surface area contributed by atoms with E-state index in [1.807, 2.05) is 18.2 Å². The Morgan fingerprint density at radius 3 is 1.15 bits per heavy atom. The summed E-state index contributed by atoms with van der Waals surface area (Å²) in [5.41, 5.74) is 33.3. The summed E-state index contributed by atoms with van der Waals surface area (Å²) < 4.78 is 16.9. The highest BCUT2D eigenvalue weighted by molar-refractivity contribution is 7.26. The molecule has 0 unspecified atom stereocenters. The highest BCUT2D eigenvalue weighted by Gasteiger charge is 2.48. The minimum atomic E-state index is -0.510. The average molecular weight is 1890 g/mol. The van der Waals surface area contributed by atoms with E-state index in [0.717, 1.165) is 104 Å². The van der Waals surface area contributed by atoms with E-state index in [0.29, 0.717) is 23.4 Å². The molecular weight excluding hydrogens is 1800 g/mol. The second kappa shape index (κ2) is 31.5. The Bertz CT molecular complexity index is 10200. The van der Waals surface area contributed by atoms with Crippen LogP contribution in [-0.4, -0.2) is 43.6 Å². The fourth-order valence-corrected chi connectivity index (χ4v) is 26.9. The molecule has 0 aliphatic heterocycles. The standard InChI is InChI=1S/C51H31N3S.C41H27N3O.C41H27N3S/c1-3-18-34(19-4-1)51(35-20-5-2-6-21-35)41-26-12-9-23-37(41)46-39(25-15-27-42(46)51)48-47-38-24-11-14-29-45(38)55-49(47)53-50(52-48)54-43-28-13-10-22-36(43)40-30-32-16-7-8-17-33(32)31-44(40)54;2*1-41(2)32-16-8-5-13-27(32)28-20-19-26(22-33(28)41)37-39-38(30-15-7-10-18-36(30)45-39)43-40(42-37)44-34-17-9-6-14-29(34)31-21-24-11-3-4-12-25(24)23-35(31)44/h1-31H;2*3-23H,1-2H3. The summed E-state index contributed by atoms with van der Waals surface area (Å²) in [6.07, 6.45) is 0. The van der Waals surface area contributed by atoms with Crippen molar-refractivity contribution in [1.29, 1.82) is 0 Å². The minimum absolute atomic E-state index is 0.0923. The van der Waals surface area contributed by atoms with Crippen molar-refractivity contribution in [1.82, 2.24) is 43.6 Å². The lowest BCUT2D eigenvalue weighted by Gasteiger charge is -2.33. The summed E-state index contributed by atoms with van der Waals surface area (Å²) in [5.74, 6) is 2.01. The van der Waals surface area contributed by atoms with Crippen LogP contribution in [0.3, 0.4) is 0 Å². The number of hydrogen-bond acceptors (Lipinski definition) is 9. The molecule has 0 amide bonds. The minimum Gasteiger partial charge on any atom is -0.452 e. The molecule has 10 nitrogen and oxygen atoms in total. The van der Waals surface area contributed by atoms with Crippen molar-refractivity contribution in [3.05, 3.63) is 487 Å². The van der Waals surface area contributed by atoms with Crippen LogP contribution in [0.5, 0.6) is 0 Å². The molecule has 12 heteroatoms. The molecule has 32 rings (SSSR count). The van der Waals surface area contributed by atoms with Crippen LogP contribution in [0.4, 0.5) is 0 Å². The van der Waals surface area contributed by atoms with Gasteiger partial charge in [0.2, 0.25) is 17.8 Å². The molecule has 20 aromatic carbocycles. The lowest BCUT2D eigenvalue weighted by Crippen LogP contribution is -2.28. The smallest absolute Gasteiger partial charge is 0.236 e. The molecule has 29 aromatic rings. The Hall–Kier alpha value is -17.9. The molecule has 9 heterocycles. The van der Waals surface area contributed by atoms with Crippen LogP contribution in [0.1, 0.15) is 72.2 Å². The molecule has 0 saturated heterocycles. The lowest BCUT2D eigenvalue weighted by molar-refractivity contribution is 0.659. The molecule has 9 aromatic heterocycles. The Kier molecular flexibility index (Phi) is 18.0. The third-order valence-corrected chi connectivity index (χ3v) is 33.5. The maximum absolute atomic E-state index is 6.54. The van der Waals surface area contributed by atoms with Gasteiger partial charge in [0.1, 0.15) is 21.6 Å². The molecule has 0 atom stereocenters. The van der Waals surface area contributed by atoms with E-state index in [1.54, 1.807) is 22.7 Å². The van der Waals surface area contributed by atoms with Crippen LogP contribution in [0.25, 0.3) is 245 Å². The molecule has 680 valence electrons. The van der Waals surface area contributed by atoms with E-state index in [9.17, 15) is 0 Å². The van der Waals surface area contributed by atoms with Crippen LogP contribution in [0.2, 0.25) is 0 Å². The Balaban J connectivity index is 0.000000102. The van der Waals surface area contributed by atoms with Gasteiger partial charge in [-0.15, -0.1) is 22.7 Å². The van der Waals surface area contributed by atoms with Gasteiger partial charge in [0.05, 0.1) is 60.1 Å². The summed E-state index contributed by atoms with van der Waals surface area (Å²) >= 11 is 3.53. The Morgan fingerprint density at radius 2 is 0.621 bits per heavy atom. The molecule has 0 N–H and O–H groups in total.